The van der Waals surface area contributed by atoms with Crippen molar-refractivity contribution in [2.45, 2.75) is 13.0 Å². The third-order valence-electron chi connectivity index (χ3n) is 2.29. The monoisotopic (exact) mass is 203 g/mol. The minimum atomic E-state index is 0.0237. The Kier molecular flexibility index (Phi) is 2.66. The Labute approximate surface area is 88.2 Å². The molecule has 2 aromatic rings. The van der Waals surface area contributed by atoms with Crippen LogP contribution in [-0.4, -0.2) is 0 Å². The summed E-state index contributed by atoms with van der Waals surface area (Å²) in [6, 6.07) is 12.5. The molecule has 72 valence electrons. The van der Waals surface area contributed by atoms with Crippen molar-refractivity contribution in [2.24, 2.45) is 5.73 Å². The summed E-state index contributed by atoms with van der Waals surface area (Å²) in [4.78, 5) is 1.22. The second kappa shape index (κ2) is 3.95. The van der Waals surface area contributed by atoms with E-state index in [2.05, 4.69) is 42.6 Å². The van der Waals surface area contributed by atoms with Gasteiger partial charge in [-0.15, -0.1) is 11.3 Å². The fourth-order valence-electron chi connectivity index (χ4n) is 1.41. The Bertz CT molecular complexity index is 389. The zero-order valence-electron chi connectivity index (χ0n) is 8.10. The van der Waals surface area contributed by atoms with Gasteiger partial charge in [-0.1, -0.05) is 35.9 Å². The van der Waals surface area contributed by atoms with E-state index >= 15 is 0 Å². The smallest absolute Gasteiger partial charge is 0.0645 e. The van der Waals surface area contributed by atoms with E-state index in [0.717, 1.165) is 0 Å². The van der Waals surface area contributed by atoms with Gasteiger partial charge in [-0.05, 0) is 23.9 Å². The lowest BCUT2D eigenvalue weighted by molar-refractivity contribution is 0.893. The third kappa shape index (κ3) is 1.86. The molecule has 0 unspecified atom stereocenters. The van der Waals surface area contributed by atoms with Gasteiger partial charge in [-0.3, -0.25) is 0 Å². The van der Waals surface area contributed by atoms with Gasteiger partial charge in [-0.25, -0.2) is 0 Å². The van der Waals surface area contributed by atoms with Crippen molar-refractivity contribution in [2.75, 3.05) is 0 Å². The SMILES string of the molecule is Cc1ccc([C@H](N)c2cccs2)cc1. The van der Waals surface area contributed by atoms with Gasteiger partial charge in [0.25, 0.3) is 0 Å². The maximum atomic E-state index is 6.12. The molecule has 1 heterocycles. The third-order valence-corrected chi connectivity index (χ3v) is 3.24. The lowest BCUT2D eigenvalue weighted by Gasteiger charge is -2.09. The van der Waals surface area contributed by atoms with Gasteiger partial charge in [0.05, 0.1) is 6.04 Å². The first-order valence-corrected chi connectivity index (χ1v) is 5.51. The zero-order chi connectivity index (χ0) is 9.97. The molecular formula is C12H13NS. The fraction of sp³-hybridized carbons (Fsp3) is 0.167. The van der Waals surface area contributed by atoms with Crippen LogP contribution in [0.3, 0.4) is 0 Å². The molecule has 1 aromatic carbocycles. The normalized spacial score (nSPS) is 12.7. The molecule has 2 heteroatoms. The van der Waals surface area contributed by atoms with Crippen molar-refractivity contribution in [3.63, 3.8) is 0 Å². The van der Waals surface area contributed by atoms with Crippen LogP contribution in [0.15, 0.2) is 41.8 Å². The average molecular weight is 203 g/mol. The van der Waals surface area contributed by atoms with E-state index in [1.165, 1.54) is 16.0 Å². The van der Waals surface area contributed by atoms with Gasteiger partial charge in [0.1, 0.15) is 0 Å². The van der Waals surface area contributed by atoms with Crippen molar-refractivity contribution in [1.82, 2.24) is 0 Å². The van der Waals surface area contributed by atoms with Gasteiger partial charge in [0.2, 0.25) is 0 Å². The molecule has 0 spiro atoms. The van der Waals surface area contributed by atoms with Crippen LogP contribution in [0.2, 0.25) is 0 Å². The Morgan fingerprint density at radius 1 is 1.14 bits per heavy atom. The van der Waals surface area contributed by atoms with E-state index in [1.54, 1.807) is 11.3 Å². The second-order valence-electron chi connectivity index (χ2n) is 3.40. The highest BCUT2D eigenvalue weighted by atomic mass is 32.1. The molecule has 0 radical (unpaired) electrons. The van der Waals surface area contributed by atoms with Crippen molar-refractivity contribution in [1.29, 1.82) is 0 Å². The van der Waals surface area contributed by atoms with Crippen LogP contribution >= 0.6 is 11.3 Å². The first kappa shape index (κ1) is 9.44. The molecule has 0 aliphatic carbocycles. The minimum absolute atomic E-state index is 0.0237. The topological polar surface area (TPSA) is 26.0 Å². The summed E-state index contributed by atoms with van der Waals surface area (Å²) in [5.41, 5.74) is 8.57. The molecule has 14 heavy (non-hydrogen) atoms. The largest absolute Gasteiger partial charge is 0.320 e. The summed E-state index contributed by atoms with van der Waals surface area (Å²) in [6.45, 7) is 2.08. The Hall–Kier alpha value is -1.12. The summed E-state index contributed by atoms with van der Waals surface area (Å²) in [5, 5.41) is 2.06. The van der Waals surface area contributed by atoms with Gasteiger partial charge >= 0.3 is 0 Å². The lowest BCUT2D eigenvalue weighted by atomic mass is 10.0. The van der Waals surface area contributed by atoms with E-state index in [-0.39, 0.29) is 6.04 Å². The Morgan fingerprint density at radius 3 is 2.43 bits per heavy atom. The highest BCUT2D eigenvalue weighted by Crippen LogP contribution is 2.23. The maximum Gasteiger partial charge on any atom is 0.0645 e. The molecule has 1 aromatic heterocycles. The van der Waals surface area contributed by atoms with E-state index in [1.807, 2.05) is 6.07 Å². The number of aryl methyl sites for hydroxylation is 1. The maximum absolute atomic E-state index is 6.12. The lowest BCUT2D eigenvalue weighted by Crippen LogP contribution is -2.09. The van der Waals surface area contributed by atoms with Crippen LogP contribution in [0.1, 0.15) is 22.0 Å². The molecule has 2 N–H and O–H groups in total. The number of hydrogen-bond acceptors (Lipinski definition) is 2. The fourth-order valence-corrected chi connectivity index (χ4v) is 2.16. The molecule has 0 bridgehead atoms. The highest BCUT2D eigenvalue weighted by Gasteiger charge is 2.08. The van der Waals surface area contributed by atoms with Crippen molar-refractivity contribution < 1.29 is 0 Å². The number of thiophene rings is 1. The molecular weight excluding hydrogens is 190 g/mol. The van der Waals surface area contributed by atoms with Crippen LogP contribution in [-0.2, 0) is 0 Å². The van der Waals surface area contributed by atoms with Crippen molar-refractivity contribution in [3.05, 3.63) is 57.8 Å². The van der Waals surface area contributed by atoms with Crippen LogP contribution < -0.4 is 5.73 Å². The van der Waals surface area contributed by atoms with E-state index in [9.17, 15) is 0 Å². The molecule has 2 rings (SSSR count). The predicted molar refractivity (Wildman–Crippen MR) is 61.5 cm³/mol. The first-order valence-electron chi connectivity index (χ1n) is 4.63. The molecule has 0 fully saturated rings. The van der Waals surface area contributed by atoms with Crippen molar-refractivity contribution >= 4 is 11.3 Å². The molecule has 0 aliphatic heterocycles. The molecule has 0 aliphatic rings. The molecule has 0 amide bonds. The summed E-state index contributed by atoms with van der Waals surface area (Å²) < 4.78 is 0. The summed E-state index contributed by atoms with van der Waals surface area (Å²) >= 11 is 1.71. The summed E-state index contributed by atoms with van der Waals surface area (Å²) in [7, 11) is 0. The van der Waals surface area contributed by atoms with Crippen molar-refractivity contribution in [3.8, 4) is 0 Å². The number of rotatable bonds is 2. The van der Waals surface area contributed by atoms with E-state index in [0.29, 0.717) is 0 Å². The van der Waals surface area contributed by atoms with Crippen LogP contribution in [0.25, 0.3) is 0 Å². The van der Waals surface area contributed by atoms with Gasteiger partial charge in [0, 0.05) is 4.88 Å². The second-order valence-corrected chi connectivity index (χ2v) is 4.38. The van der Waals surface area contributed by atoms with Crippen LogP contribution in [0.5, 0.6) is 0 Å². The quantitative estimate of drug-likeness (QED) is 0.797. The first-order chi connectivity index (χ1) is 6.77. The Morgan fingerprint density at radius 2 is 1.86 bits per heavy atom. The minimum Gasteiger partial charge on any atom is -0.320 e. The Balaban J connectivity index is 2.28. The summed E-state index contributed by atoms with van der Waals surface area (Å²) in [5.74, 6) is 0. The molecule has 1 atom stereocenters. The van der Waals surface area contributed by atoms with Gasteiger partial charge < -0.3 is 5.73 Å². The highest BCUT2D eigenvalue weighted by molar-refractivity contribution is 7.10. The number of benzene rings is 1. The van der Waals surface area contributed by atoms with Crippen LogP contribution in [0, 0.1) is 6.92 Å². The van der Waals surface area contributed by atoms with E-state index < -0.39 is 0 Å². The van der Waals surface area contributed by atoms with Gasteiger partial charge in [-0.2, -0.15) is 0 Å². The average Bonchev–Trinajstić information content (AvgIpc) is 2.71. The predicted octanol–water partition coefficient (Wildman–Crippen LogP) is 3.10. The van der Waals surface area contributed by atoms with E-state index in [4.69, 9.17) is 5.73 Å². The molecule has 1 nitrogen and oxygen atoms in total. The van der Waals surface area contributed by atoms with Gasteiger partial charge in [0.15, 0.2) is 0 Å². The zero-order valence-corrected chi connectivity index (χ0v) is 8.92. The standard InChI is InChI=1S/C12H13NS/c1-9-4-6-10(7-5-9)12(13)11-3-2-8-14-11/h2-8,12H,13H2,1H3/t12-/m0/s1. The number of hydrogen-bond donors (Lipinski definition) is 1. The molecule has 0 saturated heterocycles. The molecule has 0 saturated carbocycles. The summed E-state index contributed by atoms with van der Waals surface area (Å²) in [6.07, 6.45) is 0. The van der Waals surface area contributed by atoms with Crippen LogP contribution in [0.4, 0.5) is 0 Å². The number of nitrogens with two attached hydrogens (primary N) is 1.